The van der Waals surface area contributed by atoms with Crippen molar-refractivity contribution in [1.82, 2.24) is 0 Å². The third-order valence-electron chi connectivity index (χ3n) is 1.95. The molecular weight excluding hydrogens is 232 g/mol. The van der Waals surface area contributed by atoms with E-state index in [-0.39, 0.29) is 0 Å². The molecule has 2 nitrogen and oxygen atoms in total. The molecular formula is C10H9BrO2. The van der Waals surface area contributed by atoms with Crippen LogP contribution in [0.25, 0.3) is 11.0 Å². The summed E-state index contributed by atoms with van der Waals surface area (Å²) in [5.41, 5.74) is 2.00. The lowest BCUT2D eigenvalue weighted by Crippen LogP contribution is -1.85. The minimum absolute atomic E-state index is 0.789. The lowest BCUT2D eigenvalue weighted by Gasteiger charge is -2.02. The van der Waals surface area contributed by atoms with Crippen molar-refractivity contribution >= 4 is 26.9 Å². The predicted octanol–water partition coefficient (Wildman–Crippen LogP) is 3.34. The first-order valence-electron chi connectivity index (χ1n) is 3.95. The number of methoxy groups -OCH3 is 1. The molecule has 1 aromatic heterocycles. The molecule has 0 aliphatic carbocycles. The third kappa shape index (κ3) is 1.44. The summed E-state index contributed by atoms with van der Waals surface area (Å²) in [7, 11) is 1.65. The fraction of sp³-hybridized carbons (Fsp3) is 0.200. The Balaban J connectivity index is 2.70. The van der Waals surface area contributed by atoms with Crippen LogP contribution in [0.15, 0.2) is 28.9 Å². The van der Waals surface area contributed by atoms with E-state index in [1.54, 1.807) is 13.4 Å². The van der Waals surface area contributed by atoms with Crippen molar-refractivity contribution in [2.24, 2.45) is 0 Å². The molecule has 1 aromatic carbocycles. The van der Waals surface area contributed by atoms with Gasteiger partial charge >= 0.3 is 0 Å². The van der Waals surface area contributed by atoms with Crippen LogP contribution in [0.2, 0.25) is 0 Å². The van der Waals surface area contributed by atoms with Gasteiger partial charge in [-0.15, -0.1) is 0 Å². The van der Waals surface area contributed by atoms with Crippen LogP contribution in [0.4, 0.5) is 0 Å². The van der Waals surface area contributed by atoms with Gasteiger partial charge in [-0.2, -0.15) is 0 Å². The predicted molar refractivity (Wildman–Crippen MR) is 55.4 cm³/mol. The average molecular weight is 241 g/mol. The second kappa shape index (κ2) is 3.42. The maximum atomic E-state index is 5.30. The van der Waals surface area contributed by atoms with Crippen molar-refractivity contribution in [1.29, 1.82) is 0 Å². The highest BCUT2D eigenvalue weighted by atomic mass is 79.9. The number of benzene rings is 1. The Morgan fingerprint density at radius 3 is 3.00 bits per heavy atom. The summed E-state index contributed by atoms with van der Waals surface area (Å²) in [4.78, 5) is 0. The van der Waals surface area contributed by atoms with Gasteiger partial charge in [-0.1, -0.05) is 15.9 Å². The van der Waals surface area contributed by atoms with Crippen molar-refractivity contribution in [3.63, 3.8) is 0 Å². The summed E-state index contributed by atoms with van der Waals surface area (Å²) in [6, 6.07) is 5.99. The quantitative estimate of drug-likeness (QED) is 0.752. The summed E-state index contributed by atoms with van der Waals surface area (Å²) in [5, 5.41) is 1.90. The molecule has 0 aliphatic rings. The van der Waals surface area contributed by atoms with E-state index in [4.69, 9.17) is 9.15 Å². The molecule has 0 bridgehead atoms. The van der Waals surface area contributed by atoms with Crippen LogP contribution >= 0.6 is 15.9 Å². The molecule has 13 heavy (non-hydrogen) atoms. The van der Waals surface area contributed by atoms with E-state index in [0.29, 0.717) is 0 Å². The van der Waals surface area contributed by atoms with Gasteiger partial charge in [0.25, 0.3) is 0 Å². The minimum atomic E-state index is 0.789. The van der Waals surface area contributed by atoms with Gasteiger partial charge in [-0.05, 0) is 23.8 Å². The van der Waals surface area contributed by atoms with Crippen molar-refractivity contribution in [2.45, 2.75) is 5.33 Å². The Kier molecular flexibility index (Phi) is 2.27. The molecule has 68 valence electrons. The van der Waals surface area contributed by atoms with E-state index in [1.165, 1.54) is 5.56 Å². The normalized spacial score (nSPS) is 10.6. The molecule has 1 heterocycles. The maximum Gasteiger partial charge on any atom is 0.175 e. The van der Waals surface area contributed by atoms with E-state index >= 15 is 0 Å². The van der Waals surface area contributed by atoms with Crippen LogP contribution in [0.1, 0.15) is 5.56 Å². The first kappa shape index (κ1) is 8.63. The number of hydrogen-bond donors (Lipinski definition) is 0. The molecule has 0 saturated heterocycles. The number of furan rings is 1. The van der Waals surface area contributed by atoms with Crippen LogP contribution in [-0.2, 0) is 5.33 Å². The van der Waals surface area contributed by atoms with Gasteiger partial charge in [0.1, 0.15) is 0 Å². The first-order chi connectivity index (χ1) is 6.35. The zero-order valence-electron chi connectivity index (χ0n) is 7.21. The number of alkyl halides is 1. The topological polar surface area (TPSA) is 22.4 Å². The average Bonchev–Trinajstić information content (AvgIpc) is 2.63. The lowest BCUT2D eigenvalue weighted by molar-refractivity contribution is 0.410. The Morgan fingerprint density at radius 2 is 2.31 bits per heavy atom. The number of halogens is 1. The second-order valence-electron chi connectivity index (χ2n) is 2.77. The number of fused-ring (bicyclic) bond motifs is 1. The summed E-state index contributed by atoms with van der Waals surface area (Å²) in [6.45, 7) is 0. The summed E-state index contributed by atoms with van der Waals surface area (Å²) in [6.07, 6.45) is 1.67. The molecule has 2 rings (SSSR count). The van der Waals surface area contributed by atoms with Gasteiger partial charge in [0.15, 0.2) is 11.3 Å². The highest BCUT2D eigenvalue weighted by Gasteiger charge is 2.06. The Hall–Kier alpha value is -0.960. The van der Waals surface area contributed by atoms with E-state index in [2.05, 4.69) is 22.0 Å². The molecule has 0 radical (unpaired) electrons. The van der Waals surface area contributed by atoms with Crippen LogP contribution in [-0.4, -0.2) is 7.11 Å². The number of rotatable bonds is 2. The van der Waals surface area contributed by atoms with Crippen LogP contribution < -0.4 is 4.74 Å². The molecule has 0 fully saturated rings. The molecule has 0 spiro atoms. The smallest absolute Gasteiger partial charge is 0.175 e. The Bertz CT molecular complexity index is 420. The summed E-state index contributed by atoms with van der Waals surface area (Å²) in [5.74, 6) is 0.789. The third-order valence-corrected chi connectivity index (χ3v) is 2.60. The van der Waals surface area contributed by atoms with E-state index in [0.717, 1.165) is 22.0 Å². The van der Waals surface area contributed by atoms with Crippen LogP contribution in [0.5, 0.6) is 5.75 Å². The highest BCUT2D eigenvalue weighted by Crippen LogP contribution is 2.28. The Morgan fingerprint density at radius 1 is 1.46 bits per heavy atom. The summed E-state index contributed by atoms with van der Waals surface area (Å²) < 4.78 is 10.5. The van der Waals surface area contributed by atoms with Crippen molar-refractivity contribution in [3.05, 3.63) is 30.0 Å². The molecule has 2 aromatic rings. The fourth-order valence-corrected chi connectivity index (χ4v) is 1.66. The SMILES string of the molecule is COc1cc(CBr)cc2ccoc12. The summed E-state index contributed by atoms with van der Waals surface area (Å²) >= 11 is 3.41. The van der Waals surface area contributed by atoms with Gasteiger partial charge in [-0.3, -0.25) is 0 Å². The number of hydrogen-bond acceptors (Lipinski definition) is 2. The van der Waals surface area contributed by atoms with Gasteiger partial charge in [0.2, 0.25) is 0 Å². The molecule has 0 aliphatic heterocycles. The minimum Gasteiger partial charge on any atom is -0.493 e. The zero-order chi connectivity index (χ0) is 9.26. The van der Waals surface area contributed by atoms with E-state index in [9.17, 15) is 0 Å². The molecule has 3 heteroatoms. The van der Waals surface area contributed by atoms with Gasteiger partial charge in [0, 0.05) is 10.7 Å². The second-order valence-corrected chi connectivity index (χ2v) is 3.33. The monoisotopic (exact) mass is 240 g/mol. The molecule has 0 atom stereocenters. The molecule has 0 N–H and O–H groups in total. The van der Waals surface area contributed by atoms with Crippen LogP contribution in [0, 0.1) is 0 Å². The lowest BCUT2D eigenvalue weighted by atomic mass is 10.2. The van der Waals surface area contributed by atoms with Crippen molar-refractivity contribution in [2.75, 3.05) is 7.11 Å². The highest BCUT2D eigenvalue weighted by molar-refractivity contribution is 9.08. The molecule has 0 saturated carbocycles. The van der Waals surface area contributed by atoms with E-state index in [1.807, 2.05) is 12.1 Å². The van der Waals surface area contributed by atoms with Gasteiger partial charge in [-0.25, -0.2) is 0 Å². The fourth-order valence-electron chi connectivity index (χ4n) is 1.34. The van der Waals surface area contributed by atoms with E-state index < -0.39 is 0 Å². The van der Waals surface area contributed by atoms with Crippen LogP contribution in [0.3, 0.4) is 0 Å². The largest absolute Gasteiger partial charge is 0.493 e. The van der Waals surface area contributed by atoms with Gasteiger partial charge < -0.3 is 9.15 Å². The van der Waals surface area contributed by atoms with Gasteiger partial charge in [0.05, 0.1) is 13.4 Å². The standard InChI is InChI=1S/C10H9BrO2/c1-12-9-5-7(6-11)4-8-2-3-13-10(8)9/h2-5H,6H2,1H3. The number of ether oxygens (including phenoxy) is 1. The van der Waals surface area contributed by atoms with Crippen molar-refractivity contribution in [3.8, 4) is 5.75 Å². The zero-order valence-corrected chi connectivity index (χ0v) is 8.80. The Labute approximate surface area is 84.6 Å². The van der Waals surface area contributed by atoms with Crippen molar-refractivity contribution < 1.29 is 9.15 Å². The first-order valence-corrected chi connectivity index (χ1v) is 5.07. The molecule has 0 unspecified atom stereocenters. The maximum absolute atomic E-state index is 5.30. The molecule has 0 amide bonds.